The third-order valence-electron chi connectivity index (χ3n) is 3.50. The van der Waals surface area contributed by atoms with Crippen molar-refractivity contribution in [3.63, 3.8) is 0 Å². The highest BCUT2D eigenvalue weighted by Crippen LogP contribution is 2.25. The first kappa shape index (κ1) is 12.8. The first-order valence-corrected chi connectivity index (χ1v) is 6.25. The van der Waals surface area contributed by atoms with Crippen molar-refractivity contribution in [1.29, 1.82) is 0 Å². The zero-order valence-electron chi connectivity index (χ0n) is 11.8. The molecule has 1 atom stereocenters. The van der Waals surface area contributed by atoms with Crippen LogP contribution in [0, 0.1) is 20.8 Å². The second-order valence-corrected chi connectivity index (χ2v) is 4.98. The zero-order valence-corrected chi connectivity index (χ0v) is 11.8. The van der Waals surface area contributed by atoms with E-state index in [1.165, 1.54) is 22.3 Å². The van der Waals surface area contributed by atoms with Crippen LogP contribution in [0.25, 0.3) is 0 Å². The van der Waals surface area contributed by atoms with Crippen LogP contribution in [0.2, 0.25) is 0 Å². The molecule has 3 heteroatoms. The van der Waals surface area contributed by atoms with Crippen LogP contribution in [0.1, 0.15) is 34.0 Å². The van der Waals surface area contributed by atoms with Gasteiger partial charge >= 0.3 is 0 Å². The lowest BCUT2D eigenvalue weighted by atomic mass is 9.94. The van der Waals surface area contributed by atoms with E-state index < -0.39 is 0 Å². The second-order valence-electron chi connectivity index (χ2n) is 4.98. The number of nitrogens with zero attached hydrogens (tertiary/aromatic N) is 2. The van der Waals surface area contributed by atoms with E-state index in [0.29, 0.717) is 0 Å². The Balaban J connectivity index is 2.48. The molecular weight excluding hydrogens is 222 g/mol. The molecule has 96 valence electrons. The van der Waals surface area contributed by atoms with E-state index in [4.69, 9.17) is 0 Å². The summed E-state index contributed by atoms with van der Waals surface area (Å²) in [5.41, 5.74) is 6.34. The molecule has 0 aliphatic carbocycles. The van der Waals surface area contributed by atoms with Gasteiger partial charge in [-0.3, -0.25) is 0 Å². The van der Waals surface area contributed by atoms with Gasteiger partial charge in [0.05, 0.1) is 18.1 Å². The molecule has 0 aliphatic rings. The molecule has 0 fully saturated rings. The van der Waals surface area contributed by atoms with Gasteiger partial charge in [0, 0.05) is 13.2 Å². The second kappa shape index (κ2) is 4.94. The molecule has 0 saturated heterocycles. The highest BCUT2D eigenvalue weighted by atomic mass is 15.0. The minimum atomic E-state index is 0.158. The maximum absolute atomic E-state index is 4.46. The highest BCUT2D eigenvalue weighted by molar-refractivity contribution is 5.40. The molecule has 1 heterocycles. The molecule has 0 saturated carbocycles. The maximum Gasteiger partial charge on any atom is 0.0947 e. The van der Waals surface area contributed by atoms with Crippen LogP contribution in [0.3, 0.4) is 0 Å². The molecule has 3 nitrogen and oxygen atoms in total. The fourth-order valence-corrected chi connectivity index (χ4v) is 2.34. The summed E-state index contributed by atoms with van der Waals surface area (Å²) >= 11 is 0. The van der Waals surface area contributed by atoms with Gasteiger partial charge in [-0.2, -0.15) is 0 Å². The quantitative estimate of drug-likeness (QED) is 0.898. The van der Waals surface area contributed by atoms with Gasteiger partial charge in [0.2, 0.25) is 0 Å². The Labute approximate surface area is 109 Å². The number of imidazole rings is 1. The number of nitrogens with one attached hydrogen (secondary N) is 1. The van der Waals surface area contributed by atoms with Gasteiger partial charge in [0.25, 0.3) is 0 Å². The number of aryl methyl sites for hydroxylation is 4. The first-order valence-electron chi connectivity index (χ1n) is 6.25. The average molecular weight is 243 g/mol. The van der Waals surface area contributed by atoms with Gasteiger partial charge in [-0.15, -0.1) is 0 Å². The summed E-state index contributed by atoms with van der Waals surface area (Å²) in [5, 5.41) is 3.36. The molecule has 2 aromatic rings. The Kier molecular flexibility index (Phi) is 3.53. The van der Waals surface area contributed by atoms with Crippen LogP contribution < -0.4 is 5.32 Å². The van der Waals surface area contributed by atoms with Gasteiger partial charge in [0.1, 0.15) is 0 Å². The summed E-state index contributed by atoms with van der Waals surface area (Å²) < 4.78 is 1.98. The van der Waals surface area contributed by atoms with Gasteiger partial charge in [-0.25, -0.2) is 4.98 Å². The molecular formula is C15H21N3. The largest absolute Gasteiger partial charge is 0.340 e. The zero-order chi connectivity index (χ0) is 13.3. The minimum absolute atomic E-state index is 0.158. The maximum atomic E-state index is 4.46. The van der Waals surface area contributed by atoms with Crippen molar-refractivity contribution >= 4 is 0 Å². The Morgan fingerprint density at radius 2 is 1.78 bits per heavy atom. The van der Waals surface area contributed by atoms with E-state index in [9.17, 15) is 0 Å². The number of hydrogen-bond donors (Lipinski definition) is 1. The van der Waals surface area contributed by atoms with Crippen LogP contribution in [0.15, 0.2) is 24.7 Å². The molecule has 1 aromatic heterocycles. The number of benzene rings is 1. The molecule has 1 aromatic carbocycles. The molecule has 0 aliphatic heterocycles. The fourth-order valence-electron chi connectivity index (χ4n) is 2.34. The van der Waals surface area contributed by atoms with Crippen LogP contribution in [-0.2, 0) is 7.05 Å². The van der Waals surface area contributed by atoms with Crippen molar-refractivity contribution < 1.29 is 0 Å². The van der Waals surface area contributed by atoms with E-state index in [-0.39, 0.29) is 6.04 Å². The minimum Gasteiger partial charge on any atom is -0.340 e. The van der Waals surface area contributed by atoms with Crippen molar-refractivity contribution in [2.75, 3.05) is 7.05 Å². The number of rotatable bonds is 3. The Bertz CT molecular complexity index is 555. The fraction of sp³-hybridized carbons (Fsp3) is 0.400. The topological polar surface area (TPSA) is 29.9 Å². The molecule has 0 amide bonds. The summed E-state index contributed by atoms with van der Waals surface area (Å²) in [6.07, 6.45) is 3.91. The van der Waals surface area contributed by atoms with E-state index in [1.54, 1.807) is 0 Å². The lowest BCUT2D eigenvalue weighted by Crippen LogP contribution is -2.19. The molecule has 0 spiro atoms. The summed E-state index contributed by atoms with van der Waals surface area (Å²) in [4.78, 5) is 4.46. The van der Waals surface area contributed by atoms with E-state index >= 15 is 0 Å². The SMILES string of the molecule is CNC(c1cn(C)cn1)c1cc(C)c(C)cc1C. The number of aromatic nitrogens is 2. The van der Waals surface area contributed by atoms with Crippen LogP contribution in [0.4, 0.5) is 0 Å². The highest BCUT2D eigenvalue weighted by Gasteiger charge is 2.17. The van der Waals surface area contributed by atoms with Crippen molar-refractivity contribution in [2.24, 2.45) is 7.05 Å². The third kappa shape index (κ3) is 2.31. The normalized spacial score (nSPS) is 12.7. The van der Waals surface area contributed by atoms with Crippen LogP contribution in [0.5, 0.6) is 0 Å². The lowest BCUT2D eigenvalue weighted by Gasteiger charge is -2.18. The molecule has 18 heavy (non-hydrogen) atoms. The molecule has 1 N–H and O–H groups in total. The molecule has 2 rings (SSSR count). The van der Waals surface area contributed by atoms with Crippen LogP contribution in [-0.4, -0.2) is 16.6 Å². The molecule has 1 unspecified atom stereocenters. The lowest BCUT2D eigenvalue weighted by molar-refractivity contribution is 0.669. The van der Waals surface area contributed by atoms with Crippen molar-refractivity contribution in [3.05, 3.63) is 52.6 Å². The molecule has 0 bridgehead atoms. The summed E-state index contributed by atoms with van der Waals surface area (Å²) in [5.74, 6) is 0. The monoisotopic (exact) mass is 243 g/mol. The summed E-state index contributed by atoms with van der Waals surface area (Å²) in [6.45, 7) is 6.47. The van der Waals surface area contributed by atoms with Crippen molar-refractivity contribution in [1.82, 2.24) is 14.9 Å². The van der Waals surface area contributed by atoms with Gasteiger partial charge in [-0.1, -0.05) is 12.1 Å². The third-order valence-corrected chi connectivity index (χ3v) is 3.50. The molecule has 0 radical (unpaired) electrons. The summed E-state index contributed by atoms with van der Waals surface area (Å²) in [6, 6.07) is 4.67. The smallest absolute Gasteiger partial charge is 0.0947 e. The van der Waals surface area contributed by atoms with Crippen molar-refractivity contribution in [3.8, 4) is 0 Å². The predicted octanol–water partition coefficient (Wildman–Crippen LogP) is 2.65. The first-order chi connectivity index (χ1) is 8.52. The van der Waals surface area contributed by atoms with Gasteiger partial charge in [0.15, 0.2) is 0 Å². The van der Waals surface area contributed by atoms with E-state index in [2.05, 4.69) is 49.4 Å². The van der Waals surface area contributed by atoms with E-state index in [0.717, 1.165) is 5.69 Å². The van der Waals surface area contributed by atoms with Gasteiger partial charge in [-0.05, 0) is 50.1 Å². The number of hydrogen-bond acceptors (Lipinski definition) is 2. The Morgan fingerprint density at radius 1 is 1.11 bits per heavy atom. The van der Waals surface area contributed by atoms with Gasteiger partial charge < -0.3 is 9.88 Å². The Hall–Kier alpha value is -1.61. The predicted molar refractivity (Wildman–Crippen MR) is 74.8 cm³/mol. The van der Waals surface area contributed by atoms with Crippen molar-refractivity contribution in [2.45, 2.75) is 26.8 Å². The average Bonchev–Trinajstić information content (AvgIpc) is 2.73. The van der Waals surface area contributed by atoms with E-state index in [1.807, 2.05) is 25.0 Å². The standard InChI is InChI=1S/C15H21N3/c1-10-6-12(3)13(7-11(10)2)15(16-4)14-8-18(5)9-17-14/h6-9,15-16H,1-5H3. The Morgan fingerprint density at radius 3 is 2.33 bits per heavy atom. The summed E-state index contributed by atoms with van der Waals surface area (Å²) in [7, 11) is 3.98. The van der Waals surface area contributed by atoms with Crippen LogP contribution >= 0.6 is 0 Å².